The molecule has 3 rings (SSSR count). The van der Waals surface area contributed by atoms with E-state index in [1.807, 2.05) is 31.2 Å². The van der Waals surface area contributed by atoms with Crippen LogP contribution in [0.4, 0.5) is 4.79 Å². The van der Waals surface area contributed by atoms with E-state index in [0.29, 0.717) is 33.6 Å². The Morgan fingerprint density at radius 3 is 2.59 bits per heavy atom. The maximum absolute atomic E-state index is 12.5. The summed E-state index contributed by atoms with van der Waals surface area (Å²) in [6, 6.07) is 11.3. The molecule has 0 saturated carbocycles. The zero-order valence-electron chi connectivity index (χ0n) is 16.7. The predicted octanol–water partition coefficient (Wildman–Crippen LogP) is 5.68. The van der Waals surface area contributed by atoms with E-state index in [1.165, 1.54) is 12.0 Å². The number of carbonyl (C=O) groups is 2. The average Bonchev–Trinajstić information content (AvgIpc) is 2.93. The second-order valence-corrected chi connectivity index (χ2v) is 8.36. The molecule has 2 aromatic rings. The van der Waals surface area contributed by atoms with Gasteiger partial charge in [0.05, 0.1) is 17.0 Å². The number of carbonyl (C=O) groups excluding carboxylic acids is 2. The number of amides is 2. The van der Waals surface area contributed by atoms with Gasteiger partial charge < -0.3 is 9.47 Å². The van der Waals surface area contributed by atoms with Crippen molar-refractivity contribution in [3.8, 4) is 11.5 Å². The van der Waals surface area contributed by atoms with Crippen LogP contribution in [0.15, 0.2) is 41.3 Å². The van der Waals surface area contributed by atoms with Crippen LogP contribution in [0.5, 0.6) is 11.5 Å². The topological polar surface area (TPSA) is 55.8 Å². The van der Waals surface area contributed by atoms with Gasteiger partial charge in [0.15, 0.2) is 11.5 Å². The SMILES string of the molecule is COc1cc(/C=C2/SC(=O)N(C(C)C)C2=O)cc(Cl)c1OCc1cccc(C)c1. The molecule has 7 heteroatoms. The van der Waals surface area contributed by atoms with Crippen LogP contribution in [0.3, 0.4) is 0 Å². The van der Waals surface area contributed by atoms with Crippen molar-refractivity contribution in [2.75, 3.05) is 7.11 Å². The van der Waals surface area contributed by atoms with E-state index in [0.717, 1.165) is 22.9 Å². The van der Waals surface area contributed by atoms with E-state index < -0.39 is 0 Å². The van der Waals surface area contributed by atoms with Gasteiger partial charge in [0.1, 0.15) is 6.61 Å². The number of benzene rings is 2. The van der Waals surface area contributed by atoms with Crippen LogP contribution in [0, 0.1) is 6.92 Å². The fraction of sp³-hybridized carbons (Fsp3) is 0.273. The van der Waals surface area contributed by atoms with Crippen LogP contribution in [0.25, 0.3) is 6.08 Å². The molecule has 0 spiro atoms. The monoisotopic (exact) mass is 431 g/mol. The quantitative estimate of drug-likeness (QED) is 0.550. The summed E-state index contributed by atoms with van der Waals surface area (Å²) in [6.07, 6.45) is 1.64. The smallest absolute Gasteiger partial charge is 0.293 e. The molecule has 1 aliphatic rings. The summed E-state index contributed by atoms with van der Waals surface area (Å²) < 4.78 is 11.3. The number of imide groups is 1. The summed E-state index contributed by atoms with van der Waals surface area (Å²) >= 11 is 7.36. The molecule has 0 aliphatic carbocycles. The normalized spacial score (nSPS) is 15.5. The maximum Gasteiger partial charge on any atom is 0.293 e. The van der Waals surface area contributed by atoms with Crippen LogP contribution in [-0.2, 0) is 11.4 Å². The van der Waals surface area contributed by atoms with Gasteiger partial charge in [-0.25, -0.2) is 0 Å². The number of aryl methyl sites for hydroxylation is 1. The number of methoxy groups -OCH3 is 1. The van der Waals surface area contributed by atoms with Crippen LogP contribution in [0.1, 0.15) is 30.5 Å². The van der Waals surface area contributed by atoms with E-state index in [2.05, 4.69) is 0 Å². The van der Waals surface area contributed by atoms with E-state index >= 15 is 0 Å². The standard InChI is InChI=1S/C22H22ClNO4S/c1-13(2)24-21(25)19(29-22(24)26)11-16-9-17(23)20(18(10-16)27-4)28-12-15-7-5-6-14(3)8-15/h5-11,13H,12H2,1-4H3/b19-11+. The van der Waals surface area contributed by atoms with Crippen molar-refractivity contribution in [3.63, 3.8) is 0 Å². The molecule has 1 heterocycles. The first-order valence-corrected chi connectivity index (χ1v) is 10.3. The fourth-order valence-electron chi connectivity index (χ4n) is 3.00. The molecule has 0 bridgehead atoms. The van der Waals surface area contributed by atoms with Gasteiger partial charge in [-0.05, 0) is 61.9 Å². The molecule has 29 heavy (non-hydrogen) atoms. The van der Waals surface area contributed by atoms with Crippen molar-refractivity contribution < 1.29 is 19.1 Å². The summed E-state index contributed by atoms with van der Waals surface area (Å²) in [5, 5.41) is 0.0961. The molecule has 0 aromatic heterocycles. The predicted molar refractivity (Wildman–Crippen MR) is 116 cm³/mol. The second-order valence-electron chi connectivity index (χ2n) is 6.96. The first-order valence-electron chi connectivity index (χ1n) is 9.13. The molecule has 0 atom stereocenters. The molecule has 1 aliphatic heterocycles. The van der Waals surface area contributed by atoms with E-state index in [4.69, 9.17) is 21.1 Å². The van der Waals surface area contributed by atoms with Crippen LogP contribution in [-0.4, -0.2) is 29.2 Å². The number of hydrogen-bond acceptors (Lipinski definition) is 5. The minimum absolute atomic E-state index is 0.191. The fourth-order valence-corrected chi connectivity index (χ4v) is 4.23. The molecular formula is C22H22ClNO4S. The third-order valence-corrected chi connectivity index (χ3v) is 5.52. The highest BCUT2D eigenvalue weighted by molar-refractivity contribution is 8.18. The summed E-state index contributed by atoms with van der Waals surface area (Å²) in [7, 11) is 1.53. The zero-order valence-corrected chi connectivity index (χ0v) is 18.3. The lowest BCUT2D eigenvalue weighted by Crippen LogP contribution is -2.34. The minimum Gasteiger partial charge on any atom is -0.493 e. The molecular weight excluding hydrogens is 410 g/mol. The Kier molecular flexibility index (Phi) is 6.55. The molecule has 2 amide bonds. The van der Waals surface area contributed by atoms with Crippen LogP contribution >= 0.6 is 23.4 Å². The third-order valence-electron chi connectivity index (χ3n) is 4.36. The van der Waals surface area contributed by atoms with Gasteiger partial charge in [-0.3, -0.25) is 14.5 Å². The summed E-state index contributed by atoms with van der Waals surface area (Å²) in [5.74, 6) is 0.590. The Hall–Kier alpha value is -2.44. The van der Waals surface area contributed by atoms with Gasteiger partial charge in [-0.2, -0.15) is 0 Å². The van der Waals surface area contributed by atoms with Gasteiger partial charge in [-0.15, -0.1) is 0 Å². The maximum atomic E-state index is 12.5. The molecule has 2 aromatic carbocycles. The van der Waals surface area contributed by atoms with Crippen LogP contribution in [0.2, 0.25) is 5.02 Å². The molecule has 1 fully saturated rings. The highest BCUT2D eigenvalue weighted by Crippen LogP contribution is 2.39. The summed E-state index contributed by atoms with van der Waals surface area (Å²) in [4.78, 5) is 26.2. The van der Waals surface area contributed by atoms with Crippen molar-refractivity contribution >= 4 is 40.6 Å². The van der Waals surface area contributed by atoms with Crippen molar-refractivity contribution in [2.24, 2.45) is 0 Å². The summed E-state index contributed by atoms with van der Waals surface area (Å²) in [6.45, 7) is 5.98. The van der Waals surface area contributed by atoms with E-state index in [-0.39, 0.29) is 17.2 Å². The highest BCUT2D eigenvalue weighted by atomic mass is 35.5. The number of ether oxygens (including phenoxy) is 2. The molecule has 152 valence electrons. The first-order chi connectivity index (χ1) is 13.8. The van der Waals surface area contributed by atoms with E-state index in [9.17, 15) is 9.59 Å². The molecule has 0 N–H and O–H groups in total. The molecule has 0 radical (unpaired) electrons. The number of hydrogen-bond donors (Lipinski definition) is 0. The first kappa shape index (κ1) is 21.3. The van der Waals surface area contributed by atoms with Gasteiger partial charge in [0.2, 0.25) is 0 Å². The largest absolute Gasteiger partial charge is 0.493 e. The Labute approximate surface area is 179 Å². The Bertz CT molecular complexity index is 987. The van der Waals surface area contributed by atoms with Gasteiger partial charge in [0, 0.05) is 6.04 Å². The molecule has 5 nitrogen and oxygen atoms in total. The Morgan fingerprint density at radius 1 is 1.21 bits per heavy atom. The van der Waals surface area contributed by atoms with Crippen molar-refractivity contribution in [3.05, 3.63) is 63.0 Å². The van der Waals surface area contributed by atoms with E-state index in [1.54, 1.807) is 32.1 Å². The van der Waals surface area contributed by atoms with Crippen LogP contribution < -0.4 is 9.47 Å². The summed E-state index contributed by atoms with van der Waals surface area (Å²) in [5.41, 5.74) is 2.83. The van der Waals surface area contributed by atoms with Gasteiger partial charge >= 0.3 is 0 Å². The second kappa shape index (κ2) is 8.93. The minimum atomic E-state index is -0.301. The number of nitrogens with zero attached hydrogens (tertiary/aromatic N) is 1. The molecule has 1 saturated heterocycles. The van der Waals surface area contributed by atoms with Gasteiger partial charge in [-0.1, -0.05) is 41.4 Å². The number of halogens is 1. The number of rotatable bonds is 6. The van der Waals surface area contributed by atoms with Gasteiger partial charge in [0.25, 0.3) is 11.1 Å². The lowest BCUT2D eigenvalue weighted by molar-refractivity contribution is -0.123. The molecule has 0 unspecified atom stereocenters. The highest BCUT2D eigenvalue weighted by Gasteiger charge is 2.36. The van der Waals surface area contributed by atoms with Crippen molar-refractivity contribution in [2.45, 2.75) is 33.4 Å². The third kappa shape index (κ3) is 4.77. The lowest BCUT2D eigenvalue weighted by atomic mass is 10.1. The Balaban J connectivity index is 1.85. The number of thioether (sulfide) groups is 1. The lowest BCUT2D eigenvalue weighted by Gasteiger charge is -2.16. The zero-order chi connectivity index (χ0) is 21.1. The average molecular weight is 432 g/mol. The van der Waals surface area contributed by atoms with Crippen molar-refractivity contribution in [1.29, 1.82) is 0 Å². The Morgan fingerprint density at radius 2 is 1.97 bits per heavy atom. The van der Waals surface area contributed by atoms with Crippen molar-refractivity contribution in [1.82, 2.24) is 4.90 Å².